The minimum absolute atomic E-state index is 0.0614. The molecule has 0 fully saturated rings. The first-order valence-electron chi connectivity index (χ1n) is 6.16. The Bertz CT molecular complexity index is 636. The van der Waals surface area contributed by atoms with Crippen molar-refractivity contribution < 1.29 is 12.8 Å². The first kappa shape index (κ1) is 15.1. The molecule has 0 aliphatic heterocycles. The lowest BCUT2D eigenvalue weighted by atomic mass is 10.4. The van der Waals surface area contributed by atoms with Crippen molar-refractivity contribution in [3.8, 4) is 0 Å². The smallest absolute Gasteiger partial charge is 0.179 e. The Morgan fingerprint density at radius 3 is 2.50 bits per heavy atom. The van der Waals surface area contributed by atoms with Crippen LogP contribution in [0.1, 0.15) is 5.76 Å². The molecule has 0 aliphatic rings. The molecular formula is C14H16ClNO3S. The summed E-state index contributed by atoms with van der Waals surface area (Å²) < 4.78 is 29.5. The van der Waals surface area contributed by atoms with Crippen molar-refractivity contribution in [2.45, 2.75) is 11.4 Å². The number of hydrogen-bond donors (Lipinski definition) is 0. The molecule has 2 aromatic rings. The van der Waals surface area contributed by atoms with E-state index in [0.717, 1.165) is 5.76 Å². The van der Waals surface area contributed by atoms with Gasteiger partial charge in [-0.2, -0.15) is 0 Å². The number of sulfone groups is 1. The molecule has 4 nitrogen and oxygen atoms in total. The summed E-state index contributed by atoms with van der Waals surface area (Å²) >= 11 is 5.76. The highest BCUT2D eigenvalue weighted by Gasteiger charge is 2.15. The lowest BCUT2D eigenvalue weighted by molar-refractivity contribution is 0.310. The Balaban J connectivity index is 1.93. The quantitative estimate of drug-likeness (QED) is 0.823. The van der Waals surface area contributed by atoms with Crippen molar-refractivity contribution in [3.05, 3.63) is 53.4 Å². The average Bonchev–Trinajstić information content (AvgIpc) is 2.90. The lowest BCUT2D eigenvalue weighted by Gasteiger charge is -2.15. The van der Waals surface area contributed by atoms with Gasteiger partial charge in [-0.15, -0.1) is 0 Å². The maximum atomic E-state index is 12.2. The third-order valence-electron chi connectivity index (χ3n) is 2.92. The van der Waals surface area contributed by atoms with Gasteiger partial charge in [0.25, 0.3) is 0 Å². The normalized spacial score (nSPS) is 11.9. The Morgan fingerprint density at radius 1 is 1.20 bits per heavy atom. The second-order valence-electron chi connectivity index (χ2n) is 4.59. The van der Waals surface area contributed by atoms with Gasteiger partial charge in [-0.1, -0.05) is 11.6 Å². The highest BCUT2D eigenvalue weighted by molar-refractivity contribution is 7.91. The van der Waals surface area contributed by atoms with E-state index in [-0.39, 0.29) is 5.75 Å². The molecule has 0 spiro atoms. The topological polar surface area (TPSA) is 50.5 Å². The summed E-state index contributed by atoms with van der Waals surface area (Å²) in [5.74, 6) is 0.877. The molecular weight excluding hydrogens is 298 g/mol. The van der Waals surface area contributed by atoms with Gasteiger partial charge < -0.3 is 4.42 Å². The van der Waals surface area contributed by atoms with E-state index in [9.17, 15) is 8.42 Å². The summed E-state index contributed by atoms with van der Waals surface area (Å²) in [7, 11) is -1.42. The highest BCUT2D eigenvalue weighted by atomic mass is 35.5. The lowest BCUT2D eigenvalue weighted by Crippen LogP contribution is -2.25. The van der Waals surface area contributed by atoms with Crippen molar-refractivity contribution in [1.29, 1.82) is 0 Å². The van der Waals surface area contributed by atoms with E-state index >= 15 is 0 Å². The molecule has 0 amide bonds. The summed E-state index contributed by atoms with van der Waals surface area (Å²) in [6.07, 6.45) is 1.60. The molecule has 1 aromatic heterocycles. The van der Waals surface area contributed by atoms with Gasteiger partial charge in [0.1, 0.15) is 5.76 Å². The zero-order valence-corrected chi connectivity index (χ0v) is 12.7. The molecule has 0 N–H and O–H groups in total. The van der Waals surface area contributed by atoms with Crippen molar-refractivity contribution in [1.82, 2.24) is 4.90 Å². The predicted octanol–water partition coefficient (Wildman–Crippen LogP) is 2.84. The van der Waals surface area contributed by atoms with Crippen LogP contribution in [0.15, 0.2) is 52.0 Å². The van der Waals surface area contributed by atoms with E-state index in [0.29, 0.717) is 23.0 Å². The van der Waals surface area contributed by atoms with Gasteiger partial charge in [-0.05, 0) is 43.4 Å². The Kier molecular flexibility index (Phi) is 4.86. The third-order valence-corrected chi connectivity index (χ3v) is 4.88. The average molecular weight is 314 g/mol. The van der Waals surface area contributed by atoms with Crippen LogP contribution in [0.3, 0.4) is 0 Å². The van der Waals surface area contributed by atoms with E-state index in [1.165, 1.54) is 12.1 Å². The van der Waals surface area contributed by atoms with Gasteiger partial charge in [0.2, 0.25) is 0 Å². The van der Waals surface area contributed by atoms with Crippen molar-refractivity contribution in [2.75, 3.05) is 19.3 Å². The van der Waals surface area contributed by atoms with Crippen LogP contribution in [0.4, 0.5) is 0 Å². The van der Waals surface area contributed by atoms with Crippen LogP contribution in [0, 0.1) is 0 Å². The fraction of sp³-hybridized carbons (Fsp3) is 0.286. The molecule has 6 heteroatoms. The molecule has 0 atom stereocenters. The second kappa shape index (κ2) is 6.43. The van der Waals surface area contributed by atoms with Crippen LogP contribution in [0.5, 0.6) is 0 Å². The standard InChI is InChI=1S/C14H16ClNO3S/c1-16(11-13-3-2-9-19-13)8-10-20(17,18)14-6-4-12(15)5-7-14/h2-7,9H,8,10-11H2,1H3. The number of nitrogens with zero attached hydrogens (tertiary/aromatic N) is 1. The van der Waals surface area contributed by atoms with E-state index in [1.54, 1.807) is 18.4 Å². The molecule has 1 aromatic carbocycles. The maximum Gasteiger partial charge on any atom is 0.179 e. The maximum absolute atomic E-state index is 12.2. The molecule has 0 bridgehead atoms. The SMILES string of the molecule is CN(CCS(=O)(=O)c1ccc(Cl)cc1)Cc1ccco1. The second-order valence-corrected chi connectivity index (χ2v) is 7.14. The van der Waals surface area contributed by atoms with Gasteiger partial charge >= 0.3 is 0 Å². The number of hydrogen-bond acceptors (Lipinski definition) is 4. The predicted molar refractivity (Wildman–Crippen MR) is 78.5 cm³/mol. The molecule has 0 saturated carbocycles. The number of halogens is 1. The van der Waals surface area contributed by atoms with E-state index in [2.05, 4.69) is 0 Å². The van der Waals surface area contributed by atoms with Crippen LogP contribution in [0.2, 0.25) is 5.02 Å². The summed E-state index contributed by atoms with van der Waals surface area (Å²) in [4.78, 5) is 2.21. The Hall–Kier alpha value is -1.30. The first-order chi connectivity index (χ1) is 9.47. The van der Waals surface area contributed by atoms with Crippen molar-refractivity contribution >= 4 is 21.4 Å². The summed E-state index contributed by atoms with van der Waals surface area (Å²) in [6.45, 7) is 1.02. The summed E-state index contributed by atoms with van der Waals surface area (Å²) in [5.41, 5.74) is 0. The number of benzene rings is 1. The van der Waals surface area contributed by atoms with Gasteiger partial charge in [0.15, 0.2) is 9.84 Å². The van der Waals surface area contributed by atoms with E-state index in [4.69, 9.17) is 16.0 Å². The minimum atomic E-state index is -3.28. The first-order valence-corrected chi connectivity index (χ1v) is 8.20. The van der Waals surface area contributed by atoms with Gasteiger partial charge in [0, 0.05) is 11.6 Å². The summed E-state index contributed by atoms with van der Waals surface area (Å²) in [5, 5.41) is 0.527. The molecule has 20 heavy (non-hydrogen) atoms. The third kappa shape index (κ3) is 4.10. The zero-order chi connectivity index (χ0) is 14.6. The molecule has 0 aliphatic carbocycles. The van der Waals surface area contributed by atoms with Crippen LogP contribution in [-0.4, -0.2) is 32.7 Å². The number of rotatable bonds is 6. The van der Waals surface area contributed by atoms with Crippen LogP contribution in [0.25, 0.3) is 0 Å². The Labute approximate surface area is 123 Å². The molecule has 2 rings (SSSR count). The molecule has 0 radical (unpaired) electrons. The molecule has 1 heterocycles. The van der Waals surface area contributed by atoms with E-state index in [1.807, 2.05) is 24.1 Å². The minimum Gasteiger partial charge on any atom is -0.468 e. The monoisotopic (exact) mass is 313 g/mol. The largest absolute Gasteiger partial charge is 0.468 e. The van der Waals surface area contributed by atoms with Gasteiger partial charge in [-0.25, -0.2) is 8.42 Å². The fourth-order valence-electron chi connectivity index (χ4n) is 1.78. The van der Waals surface area contributed by atoms with Crippen molar-refractivity contribution in [2.24, 2.45) is 0 Å². The van der Waals surface area contributed by atoms with Gasteiger partial charge in [0.05, 0.1) is 23.5 Å². The van der Waals surface area contributed by atoms with Crippen LogP contribution >= 0.6 is 11.6 Å². The summed E-state index contributed by atoms with van der Waals surface area (Å²) in [6, 6.07) is 9.91. The van der Waals surface area contributed by atoms with Crippen molar-refractivity contribution in [3.63, 3.8) is 0 Å². The highest BCUT2D eigenvalue weighted by Crippen LogP contribution is 2.15. The molecule has 108 valence electrons. The van der Waals surface area contributed by atoms with Crippen LogP contribution in [-0.2, 0) is 16.4 Å². The van der Waals surface area contributed by atoms with Gasteiger partial charge in [-0.3, -0.25) is 4.90 Å². The number of furan rings is 1. The zero-order valence-electron chi connectivity index (χ0n) is 11.1. The fourth-order valence-corrected chi connectivity index (χ4v) is 3.25. The van der Waals surface area contributed by atoms with E-state index < -0.39 is 9.84 Å². The molecule has 0 saturated heterocycles. The van der Waals surface area contributed by atoms with Crippen LogP contribution < -0.4 is 0 Å². The Morgan fingerprint density at radius 2 is 1.90 bits per heavy atom. The molecule has 0 unspecified atom stereocenters.